The fraction of sp³-hybridized carbons (Fsp3) is 0.700. The maximum absolute atomic E-state index is 13.4. The topological polar surface area (TPSA) is 100 Å². The van der Waals surface area contributed by atoms with Gasteiger partial charge in [-0.05, 0) is 37.3 Å². The summed E-state index contributed by atoms with van der Waals surface area (Å²) in [6, 6.07) is 4.15. The fourth-order valence-electron chi connectivity index (χ4n) is 4.30. The number of sulfonamides is 1. The van der Waals surface area contributed by atoms with Crippen LogP contribution in [0, 0.1) is 0 Å². The summed E-state index contributed by atoms with van der Waals surface area (Å²) in [4.78, 5) is 17.2. The molecule has 0 unspecified atom stereocenters. The molecule has 168 valence electrons. The number of aryl methyl sites for hydroxylation is 1. The van der Waals surface area contributed by atoms with Crippen LogP contribution >= 0.6 is 11.8 Å². The molecule has 0 aromatic carbocycles. The Morgan fingerprint density at radius 1 is 1.33 bits per heavy atom. The van der Waals surface area contributed by atoms with Crippen LogP contribution in [0.15, 0.2) is 18.3 Å². The first-order valence-electron chi connectivity index (χ1n) is 10.5. The maximum atomic E-state index is 13.4. The van der Waals surface area contributed by atoms with Crippen molar-refractivity contribution in [3.05, 3.63) is 29.6 Å². The Hall–Kier alpha value is -1.26. The zero-order valence-corrected chi connectivity index (χ0v) is 18.9. The van der Waals surface area contributed by atoms with Crippen molar-refractivity contribution < 1.29 is 23.2 Å². The summed E-state index contributed by atoms with van der Waals surface area (Å²) in [5.74, 6) is -0.834. The molecule has 1 amide bonds. The van der Waals surface area contributed by atoms with Crippen molar-refractivity contribution in [2.75, 3.05) is 26.3 Å². The van der Waals surface area contributed by atoms with E-state index in [0.717, 1.165) is 25.0 Å². The number of carbonyl (C=O) groups excluding carboxylic acids is 1. The lowest BCUT2D eigenvalue weighted by Crippen LogP contribution is -2.59. The second kappa shape index (κ2) is 9.91. The number of pyridine rings is 1. The average molecular weight is 460 g/mol. The molecular formula is C20H30ClN3O5S. The number of hydrogen-bond donors (Lipinski definition) is 1. The van der Waals surface area contributed by atoms with E-state index in [2.05, 4.69) is 18.0 Å². The number of hydrogen-bond acceptors (Lipinski definition) is 6. The Morgan fingerprint density at radius 3 is 2.53 bits per heavy atom. The van der Waals surface area contributed by atoms with Gasteiger partial charge in [0.2, 0.25) is 10.0 Å². The first-order chi connectivity index (χ1) is 14.3. The zero-order valence-electron chi connectivity index (χ0n) is 17.3. The molecular weight excluding hydrogens is 430 g/mol. The van der Waals surface area contributed by atoms with E-state index in [4.69, 9.17) is 16.5 Å². The highest BCUT2D eigenvalue weighted by molar-refractivity contribution is 7.91. The Kier molecular flexibility index (Phi) is 7.73. The second-order valence-electron chi connectivity index (χ2n) is 8.05. The number of ether oxygens (including phenoxy) is 1. The third-order valence-electron chi connectivity index (χ3n) is 6.23. The molecule has 2 aliphatic heterocycles. The summed E-state index contributed by atoms with van der Waals surface area (Å²) in [7, 11) is -4.02. The summed E-state index contributed by atoms with van der Waals surface area (Å²) in [6.07, 6.45) is 6.41. The minimum atomic E-state index is -4.02. The number of unbranched alkanes of at least 4 members (excludes halogenated alkanes) is 1. The maximum Gasteiger partial charge on any atom is 0.284 e. The molecule has 30 heavy (non-hydrogen) atoms. The van der Waals surface area contributed by atoms with Gasteiger partial charge in [-0.2, -0.15) is 0 Å². The summed E-state index contributed by atoms with van der Waals surface area (Å²) in [6.45, 7) is 3.01. The van der Waals surface area contributed by atoms with Gasteiger partial charge in [-0.1, -0.05) is 19.4 Å². The zero-order chi connectivity index (χ0) is 21.8. The van der Waals surface area contributed by atoms with Crippen molar-refractivity contribution in [2.45, 2.75) is 62.5 Å². The third kappa shape index (κ3) is 4.65. The molecule has 0 atom stereocenters. The van der Waals surface area contributed by atoms with Gasteiger partial charge in [0.15, 0.2) is 4.75 Å². The van der Waals surface area contributed by atoms with E-state index >= 15 is 0 Å². The van der Waals surface area contributed by atoms with Gasteiger partial charge in [-0.3, -0.25) is 15.0 Å². The molecule has 0 saturated carbocycles. The fourth-order valence-corrected chi connectivity index (χ4v) is 6.68. The molecule has 1 aromatic heterocycles. The van der Waals surface area contributed by atoms with Crippen LogP contribution in [0.4, 0.5) is 0 Å². The van der Waals surface area contributed by atoms with Crippen LogP contribution in [0.1, 0.15) is 62.6 Å². The monoisotopic (exact) mass is 459 g/mol. The lowest BCUT2D eigenvalue weighted by Gasteiger charge is -2.41. The number of nitrogens with zero attached hydrogens (tertiary/aromatic N) is 3. The number of aromatic nitrogens is 1. The Labute approximate surface area is 183 Å². The Morgan fingerprint density at radius 2 is 2.00 bits per heavy atom. The molecule has 2 saturated heterocycles. The van der Waals surface area contributed by atoms with Crippen molar-refractivity contribution in [1.82, 2.24) is 13.9 Å². The highest BCUT2D eigenvalue weighted by atomic mass is 35.5. The molecule has 8 nitrogen and oxygen atoms in total. The van der Waals surface area contributed by atoms with Crippen molar-refractivity contribution in [3.8, 4) is 0 Å². The molecule has 0 bridgehead atoms. The predicted octanol–water partition coefficient (Wildman–Crippen LogP) is 2.85. The number of piperidine rings is 1. The molecule has 3 rings (SSSR count). The minimum Gasteiger partial charge on any atom is -0.381 e. The summed E-state index contributed by atoms with van der Waals surface area (Å²) >= 11 is 5.45. The van der Waals surface area contributed by atoms with Gasteiger partial charge >= 0.3 is 0 Å². The molecule has 1 aromatic rings. The van der Waals surface area contributed by atoms with Crippen molar-refractivity contribution in [3.63, 3.8) is 0 Å². The van der Waals surface area contributed by atoms with Crippen LogP contribution in [0.3, 0.4) is 0 Å². The molecule has 2 fully saturated rings. The van der Waals surface area contributed by atoms with E-state index in [1.54, 1.807) is 0 Å². The van der Waals surface area contributed by atoms with Gasteiger partial charge in [0.05, 0.1) is 0 Å². The summed E-state index contributed by atoms with van der Waals surface area (Å²) < 4.78 is 31.6. The molecule has 1 N–H and O–H groups in total. The second-order valence-corrected chi connectivity index (χ2v) is 10.6. The van der Waals surface area contributed by atoms with Crippen molar-refractivity contribution in [1.29, 1.82) is 0 Å². The number of carbonyl (C=O) groups is 1. The lowest BCUT2D eigenvalue weighted by atomic mass is 9.93. The number of amides is 1. The van der Waals surface area contributed by atoms with Crippen molar-refractivity contribution in [2.24, 2.45) is 0 Å². The third-order valence-corrected chi connectivity index (χ3v) is 9.00. The van der Waals surface area contributed by atoms with Gasteiger partial charge in [0.1, 0.15) is 0 Å². The van der Waals surface area contributed by atoms with Gasteiger partial charge in [-0.25, -0.2) is 12.7 Å². The normalized spacial score (nSPS) is 20.8. The SMILES string of the molecule is CCCCc1ccc(C2CCN(S(=O)(=O)C3(C(=O)N(O)Cl)CCOCC3)CC2)nc1. The predicted molar refractivity (Wildman–Crippen MR) is 113 cm³/mol. The number of halogens is 1. The van der Waals surface area contributed by atoms with E-state index in [0.29, 0.717) is 25.9 Å². The smallest absolute Gasteiger partial charge is 0.284 e. The molecule has 0 radical (unpaired) electrons. The standard InChI is InChI=1S/C20H30ClN3O5S/c1-2-3-4-16-5-6-18(22-15-16)17-7-11-23(12-8-17)30(27,28)20(19(25)24(21)26)9-13-29-14-10-20/h5-6,15,17,26H,2-4,7-14H2,1H3. The van der Waals surface area contributed by atoms with Crippen LogP contribution in [-0.2, 0) is 26.0 Å². The molecule has 0 aliphatic carbocycles. The first kappa shape index (κ1) is 23.4. The highest BCUT2D eigenvalue weighted by Gasteiger charge is 2.56. The Bertz CT molecular complexity index is 817. The molecule has 10 heteroatoms. The molecule has 3 heterocycles. The largest absolute Gasteiger partial charge is 0.381 e. The van der Waals surface area contributed by atoms with Gasteiger partial charge in [0.25, 0.3) is 5.91 Å². The van der Waals surface area contributed by atoms with Crippen LogP contribution < -0.4 is 0 Å². The highest BCUT2D eigenvalue weighted by Crippen LogP contribution is 2.37. The van der Waals surface area contributed by atoms with Crippen LogP contribution in [0.5, 0.6) is 0 Å². The van der Waals surface area contributed by atoms with E-state index in [-0.39, 0.29) is 36.6 Å². The Balaban J connectivity index is 1.70. The van der Waals surface area contributed by atoms with Crippen molar-refractivity contribution >= 4 is 27.7 Å². The summed E-state index contributed by atoms with van der Waals surface area (Å²) in [5, 5.41) is 9.48. The van der Waals surface area contributed by atoms with Crippen LogP contribution in [0.2, 0.25) is 0 Å². The van der Waals surface area contributed by atoms with Gasteiger partial charge < -0.3 is 4.74 Å². The molecule has 0 spiro atoms. The molecule has 2 aliphatic rings. The van der Waals surface area contributed by atoms with Crippen LogP contribution in [0.25, 0.3) is 0 Å². The van der Waals surface area contributed by atoms with E-state index in [1.807, 2.05) is 12.3 Å². The van der Waals surface area contributed by atoms with Gasteiger partial charge in [0, 0.05) is 68.7 Å². The van der Waals surface area contributed by atoms with E-state index in [9.17, 15) is 18.4 Å². The average Bonchev–Trinajstić information content (AvgIpc) is 2.78. The van der Waals surface area contributed by atoms with Gasteiger partial charge in [-0.15, -0.1) is 4.58 Å². The lowest BCUT2D eigenvalue weighted by molar-refractivity contribution is -0.152. The number of rotatable bonds is 7. The van der Waals surface area contributed by atoms with E-state index < -0.39 is 20.7 Å². The van der Waals surface area contributed by atoms with E-state index in [1.165, 1.54) is 9.87 Å². The summed E-state index contributed by atoms with van der Waals surface area (Å²) in [5.41, 5.74) is 2.20. The van der Waals surface area contributed by atoms with Crippen LogP contribution in [-0.4, -0.2) is 64.5 Å². The first-order valence-corrected chi connectivity index (χ1v) is 12.3. The number of hydroxylamine groups is 1. The minimum absolute atomic E-state index is 0.0291. The quantitative estimate of drug-likeness (QED) is 0.382.